The summed E-state index contributed by atoms with van der Waals surface area (Å²) >= 11 is 11.0. The lowest BCUT2D eigenvalue weighted by Gasteiger charge is -2.06. The number of rotatable bonds is 3. The van der Waals surface area contributed by atoms with Crippen molar-refractivity contribution >= 4 is 28.9 Å². The van der Waals surface area contributed by atoms with Gasteiger partial charge in [-0.1, -0.05) is 23.2 Å². The second-order valence-electron chi connectivity index (χ2n) is 2.37. The highest BCUT2D eigenvalue weighted by Crippen LogP contribution is 2.36. The minimum absolute atomic E-state index is 0.0992. The number of benzene rings is 1. The summed E-state index contributed by atoms with van der Waals surface area (Å²) in [6.07, 6.45) is 0. The standard InChI is InChI=1S/C7H3Cl2F2NO3/c8-3-1-5(12(13)14)6(2-4(3)9)15-7(10)11/h1-2,7H. The van der Waals surface area contributed by atoms with Gasteiger partial charge in [0.1, 0.15) is 0 Å². The smallest absolute Gasteiger partial charge is 0.387 e. The van der Waals surface area contributed by atoms with Gasteiger partial charge in [-0.05, 0) is 0 Å². The summed E-state index contributed by atoms with van der Waals surface area (Å²) in [6, 6.07) is 1.72. The Morgan fingerprint density at radius 3 is 2.33 bits per heavy atom. The Morgan fingerprint density at radius 1 is 1.33 bits per heavy atom. The van der Waals surface area contributed by atoms with Gasteiger partial charge in [0.15, 0.2) is 0 Å². The van der Waals surface area contributed by atoms with Crippen molar-refractivity contribution in [3.05, 3.63) is 32.3 Å². The summed E-state index contributed by atoms with van der Waals surface area (Å²) in [5.74, 6) is -0.621. The fourth-order valence-corrected chi connectivity index (χ4v) is 1.16. The van der Waals surface area contributed by atoms with E-state index in [1.807, 2.05) is 0 Å². The van der Waals surface area contributed by atoms with Crippen LogP contribution in [0.2, 0.25) is 10.0 Å². The molecule has 0 aromatic heterocycles. The zero-order chi connectivity index (χ0) is 11.6. The Hall–Kier alpha value is -1.14. The minimum atomic E-state index is -3.17. The van der Waals surface area contributed by atoms with Crippen molar-refractivity contribution in [1.82, 2.24) is 0 Å². The van der Waals surface area contributed by atoms with Crippen molar-refractivity contribution in [2.45, 2.75) is 6.61 Å². The molecule has 0 unspecified atom stereocenters. The first-order chi connectivity index (χ1) is 6.91. The minimum Gasteiger partial charge on any atom is -0.427 e. The molecule has 1 aromatic rings. The summed E-state index contributed by atoms with van der Waals surface area (Å²) in [7, 11) is 0. The van der Waals surface area contributed by atoms with E-state index in [-0.39, 0.29) is 10.0 Å². The number of alkyl halides is 2. The van der Waals surface area contributed by atoms with Gasteiger partial charge >= 0.3 is 12.3 Å². The van der Waals surface area contributed by atoms with Crippen molar-refractivity contribution in [3.63, 3.8) is 0 Å². The van der Waals surface area contributed by atoms with Crippen LogP contribution in [0.15, 0.2) is 12.1 Å². The van der Waals surface area contributed by atoms with Crippen molar-refractivity contribution < 1.29 is 18.4 Å². The van der Waals surface area contributed by atoms with Crippen LogP contribution in [0.5, 0.6) is 5.75 Å². The first kappa shape index (κ1) is 11.9. The van der Waals surface area contributed by atoms with Crippen LogP contribution in [0.25, 0.3) is 0 Å². The van der Waals surface area contributed by atoms with Crippen LogP contribution in [0.3, 0.4) is 0 Å². The molecule has 0 spiro atoms. The summed E-state index contributed by atoms with van der Waals surface area (Å²) in [6.45, 7) is -3.17. The third-order valence-electron chi connectivity index (χ3n) is 1.41. The van der Waals surface area contributed by atoms with Crippen molar-refractivity contribution in [2.75, 3.05) is 0 Å². The van der Waals surface area contributed by atoms with E-state index in [0.717, 1.165) is 12.1 Å². The summed E-state index contributed by atoms with van der Waals surface area (Å²) in [5, 5.41) is 10.2. The number of nitro groups is 1. The topological polar surface area (TPSA) is 52.4 Å². The van der Waals surface area contributed by atoms with Crippen LogP contribution in [0.4, 0.5) is 14.5 Å². The molecular weight excluding hydrogens is 255 g/mol. The van der Waals surface area contributed by atoms with E-state index in [4.69, 9.17) is 23.2 Å². The lowest BCUT2D eigenvalue weighted by molar-refractivity contribution is -0.386. The number of hydrogen-bond donors (Lipinski definition) is 0. The summed E-state index contributed by atoms with van der Waals surface area (Å²) < 4.78 is 27.7. The number of halogens is 4. The first-order valence-electron chi connectivity index (χ1n) is 3.50. The molecule has 0 aliphatic heterocycles. The molecule has 1 aromatic carbocycles. The number of nitro benzene ring substituents is 1. The molecule has 0 N–H and O–H groups in total. The van der Waals surface area contributed by atoms with E-state index in [2.05, 4.69) is 4.74 Å². The average Bonchev–Trinajstić information content (AvgIpc) is 2.09. The van der Waals surface area contributed by atoms with Gasteiger partial charge in [0.2, 0.25) is 5.75 Å². The predicted octanol–water partition coefficient (Wildman–Crippen LogP) is 3.50. The third kappa shape index (κ3) is 2.90. The number of nitrogens with zero attached hydrogens (tertiary/aromatic N) is 1. The monoisotopic (exact) mass is 257 g/mol. The van der Waals surface area contributed by atoms with Gasteiger partial charge in [0.05, 0.1) is 15.0 Å². The van der Waals surface area contributed by atoms with E-state index in [0.29, 0.717) is 0 Å². The largest absolute Gasteiger partial charge is 0.427 e. The van der Waals surface area contributed by atoms with E-state index >= 15 is 0 Å². The molecule has 0 radical (unpaired) electrons. The van der Waals surface area contributed by atoms with Gasteiger partial charge in [0.25, 0.3) is 0 Å². The van der Waals surface area contributed by atoms with E-state index in [9.17, 15) is 18.9 Å². The molecule has 0 atom stereocenters. The fraction of sp³-hybridized carbons (Fsp3) is 0.143. The van der Waals surface area contributed by atoms with E-state index in [1.165, 1.54) is 0 Å². The Kier molecular flexibility index (Phi) is 3.65. The molecular formula is C7H3Cl2F2NO3. The van der Waals surface area contributed by atoms with Crippen LogP contribution in [-0.4, -0.2) is 11.5 Å². The summed E-state index contributed by atoms with van der Waals surface area (Å²) in [4.78, 5) is 9.56. The molecule has 0 heterocycles. The molecule has 0 fully saturated rings. The van der Waals surface area contributed by atoms with Crippen LogP contribution >= 0.6 is 23.2 Å². The maximum atomic E-state index is 11.9. The molecule has 0 saturated carbocycles. The number of hydrogen-bond acceptors (Lipinski definition) is 3. The number of ether oxygens (including phenoxy) is 1. The molecule has 15 heavy (non-hydrogen) atoms. The van der Waals surface area contributed by atoms with Gasteiger partial charge in [-0.2, -0.15) is 8.78 Å². The van der Waals surface area contributed by atoms with Gasteiger partial charge in [0, 0.05) is 12.1 Å². The molecule has 8 heteroatoms. The van der Waals surface area contributed by atoms with Crippen LogP contribution < -0.4 is 4.74 Å². The maximum Gasteiger partial charge on any atom is 0.387 e. The SMILES string of the molecule is O=[N+]([O-])c1cc(Cl)c(Cl)cc1OC(F)F. The van der Waals surface area contributed by atoms with Gasteiger partial charge in [-0.3, -0.25) is 10.1 Å². The zero-order valence-electron chi connectivity index (χ0n) is 6.92. The molecule has 1 rings (SSSR count). The molecule has 82 valence electrons. The van der Waals surface area contributed by atoms with Gasteiger partial charge in [-0.25, -0.2) is 0 Å². The normalized spacial score (nSPS) is 10.5. The average molecular weight is 258 g/mol. The highest BCUT2D eigenvalue weighted by Gasteiger charge is 2.20. The van der Waals surface area contributed by atoms with Crippen LogP contribution in [0, 0.1) is 10.1 Å². The maximum absolute atomic E-state index is 11.9. The van der Waals surface area contributed by atoms with Gasteiger partial charge in [-0.15, -0.1) is 0 Å². The Bertz CT molecular complexity index is 400. The fourth-order valence-electron chi connectivity index (χ4n) is 0.851. The molecule has 4 nitrogen and oxygen atoms in total. The molecule has 0 aliphatic rings. The molecule has 0 aliphatic carbocycles. The van der Waals surface area contributed by atoms with Crippen LogP contribution in [-0.2, 0) is 0 Å². The third-order valence-corrected chi connectivity index (χ3v) is 2.14. The lowest BCUT2D eigenvalue weighted by atomic mass is 10.3. The second-order valence-corrected chi connectivity index (χ2v) is 3.18. The van der Waals surface area contributed by atoms with Crippen molar-refractivity contribution in [3.8, 4) is 5.75 Å². The molecule has 0 saturated heterocycles. The van der Waals surface area contributed by atoms with Crippen molar-refractivity contribution in [1.29, 1.82) is 0 Å². The molecule has 0 amide bonds. The first-order valence-corrected chi connectivity index (χ1v) is 4.25. The van der Waals surface area contributed by atoms with Crippen LogP contribution in [0.1, 0.15) is 0 Å². The van der Waals surface area contributed by atoms with Crippen molar-refractivity contribution in [2.24, 2.45) is 0 Å². The Balaban J connectivity index is 3.22. The van der Waals surface area contributed by atoms with Gasteiger partial charge < -0.3 is 4.74 Å². The highest BCUT2D eigenvalue weighted by molar-refractivity contribution is 6.42. The van der Waals surface area contributed by atoms with E-state index < -0.39 is 23.0 Å². The zero-order valence-corrected chi connectivity index (χ0v) is 8.43. The Morgan fingerprint density at radius 2 is 1.87 bits per heavy atom. The molecule has 0 bridgehead atoms. The van der Waals surface area contributed by atoms with E-state index in [1.54, 1.807) is 0 Å². The summed E-state index contributed by atoms with van der Waals surface area (Å²) in [5.41, 5.74) is -0.662. The predicted molar refractivity (Wildman–Crippen MR) is 49.7 cm³/mol. The highest BCUT2D eigenvalue weighted by atomic mass is 35.5. The Labute approximate surface area is 92.5 Å². The second kappa shape index (κ2) is 4.59. The lowest BCUT2D eigenvalue weighted by Crippen LogP contribution is -2.04. The quantitative estimate of drug-likeness (QED) is 0.615.